The van der Waals surface area contributed by atoms with Gasteiger partial charge in [0.1, 0.15) is 12.4 Å². The minimum Gasteiger partial charge on any atom is -0.497 e. The van der Waals surface area contributed by atoms with Crippen molar-refractivity contribution in [2.45, 2.75) is 20.0 Å². The van der Waals surface area contributed by atoms with E-state index in [1.54, 1.807) is 7.11 Å². The van der Waals surface area contributed by atoms with Crippen LogP contribution in [0.5, 0.6) is 5.75 Å². The number of methoxy groups -OCH3 is 1. The average molecular weight is 237 g/mol. The number of rotatable bonds is 6. The van der Waals surface area contributed by atoms with Crippen LogP contribution in [0.1, 0.15) is 18.9 Å². The molecule has 1 unspecified atom stereocenters. The van der Waals surface area contributed by atoms with Crippen LogP contribution in [0.25, 0.3) is 0 Å². The fraction of sp³-hybridized carbons (Fsp3) is 0.462. The molecule has 17 heavy (non-hydrogen) atoms. The SMILES string of the molecule is COc1ccc(COC(=O)C(C)CCN)cc1. The molecule has 0 fully saturated rings. The molecule has 94 valence electrons. The zero-order valence-corrected chi connectivity index (χ0v) is 10.3. The van der Waals surface area contributed by atoms with Gasteiger partial charge in [0, 0.05) is 0 Å². The number of carbonyl (C=O) groups excluding carboxylic acids is 1. The van der Waals surface area contributed by atoms with Crippen LogP contribution >= 0.6 is 0 Å². The van der Waals surface area contributed by atoms with Crippen LogP contribution in [-0.4, -0.2) is 19.6 Å². The predicted octanol–water partition coefficient (Wildman–Crippen LogP) is 1.72. The molecule has 0 aliphatic rings. The highest BCUT2D eigenvalue weighted by molar-refractivity contribution is 5.71. The summed E-state index contributed by atoms with van der Waals surface area (Å²) in [7, 11) is 1.61. The Morgan fingerprint density at radius 3 is 2.53 bits per heavy atom. The summed E-state index contributed by atoms with van der Waals surface area (Å²) >= 11 is 0. The molecule has 0 aromatic heterocycles. The molecule has 1 atom stereocenters. The van der Waals surface area contributed by atoms with Crippen molar-refractivity contribution in [3.05, 3.63) is 29.8 Å². The number of hydrogen-bond donors (Lipinski definition) is 1. The standard InChI is InChI=1S/C13H19NO3/c1-10(7-8-14)13(15)17-9-11-3-5-12(16-2)6-4-11/h3-6,10H,7-9,14H2,1-2H3. The quantitative estimate of drug-likeness (QED) is 0.765. The van der Waals surface area contributed by atoms with Crippen LogP contribution in [0.15, 0.2) is 24.3 Å². The summed E-state index contributed by atoms with van der Waals surface area (Å²) in [4.78, 5) is 11.5. The van der Waals surface area contributed by atoms with E-state index in [9.17, 15) is 4.79 Å². The number of benzene rings is 1. The van der Waals surface area contributed by atoms with Crippen LogP contribution in [-0.2, 0) is 16.1 Å². The zero-order chi connectivity index (χ0) is 12.7. The largest absolute Gasteiger partial charge is 0.497 e. The van der Waals surface area contributed by atoms with E-state index in [0.29, 0.717) is 13.0 Å². The highest BCUT2D eigenvalue weighted by atomic mass is 16.5. The molecule has 0 spiro atoms. The first-order valence-electron chi connectivity index (χ1n) is 5.67. The molecule has 0 saturated heterocycles. The van der Waals surface area contributed by atoms with E-state index in [1.807, 2.05) is 31.2 Å². The van der Waals surface area contributed by atoms with E-state index >= 15 is 0 Å². The summed E-state index contributed by atoms with van der Waals surface area (Å²) in [6.07, 6.45) is 0.654. The van der Waals surface area contributed by atoms with Crippen molar-refractivity contribution >= 4 is 5.97 Å². The van der Waals surface area contributed by atoms with E-state index < -0.39 is 0 Å². The second-order valence-electron chi connectivity index (χ2n) is 3.93. The van der Waals surface area contributed by atoms with Gasteiger partial charge < -0.3 is 15.2 Å². The minimum absolute atomic E-state index is 0.141. The van der Waals surface area contributed by atoms with Crippen LogP contribution in [0.2, 0.25) is 0 Å². The van der Waals surface area contributed by atoms with Crippen LogP contribution < -0.4 is 10.5 Å². The maximum atomic E-state index is 11.5. The molecule has 0 radical (unpaired) electrons. The summed E-state index contributed by atoms with van der Waals surface area (Å²) in [6, 6.07) is 7.43. The van der Waals surface area contributed by atoms with Crippen molar-refractivity contribution in [2.75, 3.05) is 13.7 Å². The van der Waals surface area contributed by atoms with Gasteiger partial charge in [-0.3, -0.25) is 4.79 Å². The topological polar surface area (TPSA) is 61.5 Å². The second-order valence-corrected chi connectivity index (χ2v) is 3.93. The van der Waals surface area contributed by atoms with Gasteiger partial charge in [0.2, 0.25) is 0 Å². The Bertz CT molecular complexity index is 348. The number of ether oxygens (including phenoxy) is 2. The lowest BCUT2D eigenvalue weighted by molar-refractivity contribution is -0.149. The number of nitrogens with two attached hydrogens (primary N) is 1. The molecule has 0 saturated carbocycles. The lowest BCUT2D eigenvalue weighted by Crippen LogP contribution is -2.18. The van der Waals surface area contributed by atoms with Gasteiger partial charge in [0.25, 0.3) is 0 Å². The second kappa shape index (κ2) is 6.91. The summed E-state index contributed by atoms with van der Waals surface area (Å²) in [5.74, 6) is 0.445. The molecule has 0 aliphatic heterocycles. The third-order valence-corrected chi connectivity index (χ3v) is 2.54. The molecule has 0 amide bonds. The van der Waals surface area contributed by atoms with Crippen LogP contribution in [0, 0.1) is 5.92 Å². The maximum Gasteiger partial charge on any atom is 0.309 e. The van der Waals surface area contributed by atoms with Gasteiger partial charge >= 0.3 is 5.97 Å². The zero-order valence-electron chi connectivity index (χ0n) is 10.3. The Kier molecular flexibility index (Phi) is 5.49. The lowest BCUT2D eigenvalue weighted by atomic mass is 10.1. The first-order valence-corrected chi connectivity index (χ1v) is 5.67. The molecule has 1 aromatic rings. The number of carbonyl (C=O) groups is 1. The molecule has 4 nitrogen and oxygen atoms in total. The van der Waals surface area contributed by atoms with E-state index in [2.05, 4.69) is 0 Å². The summed E-state index contributed by atoms with van der Waals surface area (Å²) in [5, 5.41) is 0. The Morgan fingerprint density at radius 2 is 2.00 bits per heavy atom. The van der Waals surface area contributed by atoms with Crippen molar-refractivity contribution in [1.82, 2.24) is 0 Å². The molecule has 4 heteroatoms. The summed E-state index contributed by atoms with van der Waals surface area (Å²) < 4.78 is 10.2. The van der Waals surface area contributed by atoms with E-state index in [-0.39, 0.29) is 18.5 Å². The predicted molar refractivity (Wildman–Crippen MR) is 65.6 cm³/mol. The fourth-order valence-electron chi connectivity index (χ4n) is 1.39. The molecule has 0 aliphatic carbocycles. The molecule has 0 heterocycles. The first-order chi connectivity index (χ1) is 8.17. The molecule has 1 aromatic carbocycles. The highest BCUT2D eigenvalue weighted by Gasteiger charge is 2.13. The first kappa shape index (κ1) is 13.5. The van der Waals surface area contributed by atoms with Crippen molar-refractivity contribution in [3.63, 3.8) is 0 Å². The minimum atomic E-state index is -0.203. The van der Waals surface area contributed by atoms with Crippen molar-refractivity contribution in [3.8, 4) is 5.75 Å². The molecule has 0 bridgehead atoms. The van der Waals surface area contributed by atoms with Crippen LogP contribution in [0.3, 0.4) is 0 Å². The van der Waals surface area contributed by atoms with Gasteiger partial charge in [-0.15, -0.1) is 0 Å². The van der Waals surface area contributed by atoms with Gasteiger partial charge in [-0.05, 0) is 30.7 Å². The Balaban J connectivity index is 2.41. The molecule has 2 N–H and O–H groups in total. The Morgan fingerprint density at radius 1 is 1.35 bits per heavy atom. The number of esters is 1. The fourth-order valence-corrected chi connectivity index (χ4v) is 1.39. The number of hydrogen-bond acceptors (Lipinski definition) is 4. The van der Waals surface area contributed by atoms with Gasteiger partial charge in [-0.1, -0.05) is 19.1 Å². The van der Waals surface area contributed by atoms with E-state index in [1.165, 1.54) is 0 Å². The van der Waals surface area contributed by atoms with Gasteiger partial charge in [0.15, 0.2) is 0 Å². The third kappa shape index (κ3) is 4.44. The third-order valence-electron chi connectivity index (χ3n) is 2.54. The van der Waals surface area contributed by atoms with Crippen molar-refractivity contribution in [1.29, 1.82) is 0 Å². The van der Waals surface area contributed by atoms with Crippen molar-refractivity contribution in [2.24, 2.45) is 11.7 Å². The smallest absolute Gasteiger partial charge is 0.309 e. The van der Waals surface area contributed by atoms with Crippen molar-refractivity contribution < 1.29 is 14.3 Å². The Hall–Kier alpha value is -1.55. The molecular weight excluding hydrogens is 218 g/mol. The van der Waals surface area contributed by atoms with Gasteiger partial charge in [-0.25, -0.2) is 0 Å². The Labute approximate surface area is 102 Å². The monoisotopic (exact) mass is 237 g/mol. The normalized spacial score (nSPS) is 11.9. The average Bonchev–Trinajstić information content (AvgIpc) is 2.36. The van der Waals surface area contributed by atoms with Gasteiger partial charge in [0.05, 0.1) is 13.0 Å². The van der Waals surface area contributed by atoms with E-state index in [4.69, 9.17) is 15.2 Å². The molecular formula is C13H19NO3. The van der Waals surface area contributed by atoms with Gasteiger partial charge in [-0.2, -0.15) is 0 Å². The van der Waals surface area contributed by atoms with E-state index in [0.717, 1.165) is 11.3 Å². The lowest BCUT2D eigenvalue weighted by Gasteiger charge is -2.10. The van der Waals surface area contributed by atoms with Crippen LogP contribution in [0.4, 0.5) is 0 Å². The maximum absolute atomic E-state index is 11.5. The summed E-state index contributed by atoms with van der Waals surface area (Å²) in [6.45, 7) is 2.61. The summed E-state index contributed by atoms with van der Waals surface area (Å²) in [5.41, 5.74) is 6.33. The molecule has 1 rings (SSSR count). The highest BCUT2D eigenvalue weighted by Crippen LogP contribution is 2.13.